The second-order valence-corrected chi connectivity index (χ2v) is 11.5. The van der Waals surface area contributed by atoms with Crippen molar-refractivity contribution in [2.24, 2.45) is 4.99 Å². The van der Waals surface area contributed by atoms with Crippen molar-refractivity contribution >= 4 is 35.1 Å². The van der Waals surface area contributed by atoms with E-state index in [-0.39, 0.29) is 0 Å². The molecular weight excluding hydrogens is 510 g/mol. The molecule has 1 N–H and O–H groups in total. The number of aliphatic imine (C=N–C) groups is 1. The van der Waals surface area contributed by atoms with Crippen molar-refractivity contribution in [3.63, 3.8) is 0 Å². The number of allylic oxidation sites excluding steroid dienone is 1. The molecule has 1 aliphatic carbocycles. The van der Waals surface area contributed by atoms with Gasteiger partial charge >= 0.3 is 6.09 Å². The maximum Gasteiger partial charge on any atom is 0.408 e. The van der Waals surface area contributed by atoms with Crippen molar-refractivity contribution in [3.05, 3.63) is 83.0 Å². The number of amides is 1. The fourth-order valence-corrected chi connectivity index (χ4v) is 5.44. The number of carbonyl (C=O) groups is 1. The van der Waals surface area contributed by atoms with Crippen LogP contribution in [0.2, 0.25) is 5.15 Å². The van der Waals surface area contributed by atoms with Crippen LogP contribution in [0.5, 0.6) is 0 Å². The van der Waals surface area contributed by atoms with Crippen LogP contribution in [0.15, 0.2) is 71.7 Å². The average Bonchev–Trinajstić information content (AvgIpc) is 3.54. The van der Waals surface area contributed by atoms with Gasteiger partial charge in [0.2, 0.25) is 0 Å². The molecule has 2 aromatic carbocycles. The minimum absolute atomic E-state index is 0.385. The van der Waals surface area contributed by atoms with Crippen LogP contribution in [0, 0.1) is 0 Å². The molecule has 39 heavy (non-hydrogen) atoms. The van der Waals surface area contributed by atoms with Crippen LogP contribution in [-0.4, -0.2) is 39.1 Å². The zero-order valence-electron chi connectivity index (χ0n) is 22.2. The van der Waals surface area contributed by atoms with Crippen LogP contribution >= 0.6 is 11.6 Å². The van der Waals surface area contributed by atoms with Gasteiger partial charge in [-0.15, -0.1) is 0 Å². The molecule has 2 aromatic heterocycles. The quantitative estimate of drug-likeness (QED) is 0.293. The lowest BCUT2D eigenvalue weighted by Crippen LogP contribution is -2.52. The number of benzene rings is 2. The van der Waals surface area contributed by atoms with Crippen molar-refractivity contribution in [2.75, 3.05) is 6.54 Å². The highest BCUT2D eigenvalue weighted by atomic mass is 35.5. The van der Waals surface area contributed by atoms with Gasteiger partial charge in [0, 0.05) is 28.5 Å². The molecule has 198 valence electrons. The summed E-state index contributed by atoms with van der Waals surface area (Å²) in [6.07, 6.45) is 6.32. The Kier molecular flexibility index (Phi) is 6.26. The van der Waals surface area contributed by atoms with Gasteiger partial charge in [-0.05, 0) is 51.7 Å². The first-order valence-electron chi connectivity index (χ1n) is 13.2. The monoisotopic (exact) mass is 539 g/mol. The number of fused-ring (bicyclic) bond motifs is 1. The van der Waals surface area contributed by atoms with Crippen LogP contribution in [0.1, 0.15) is 51.2 Å². The fourth-order valence-electron chi connectivity index (χ4n) is 5.26. The third-order valence-electron chi connectivity index (χ3n) is 7.22. The molecule has 1 saturated carbocycles. The smallest absolute Gasteiger partial charge is 0.408 e. The summed E-state index contributed by atoms with van der Waals surface area (Å²) in [5.74, 6) is 0. The molecule has 2 aliphatic rings. The Morgan fingerprint density at radius 1 is 1.05 bits per heavy atom. The molecular formula is C31H30ClN5O2. The minimum atomic E-state index is -0.550. The van der Waals surface area contributed by atoms with Crippen LogP contribution in [0.4, 0.5) is 4.79 Å². The zero-order chi connectivity index (χ0) is 27.2. The minimum Gasteiger partial charge on any atom is -0.444 e. The van der Waals surface area contributed by atoms with Gasteiger partial charge in [0.1, 0.15) is 11.3 Å². The first-order chi connectivity index (χ1) is 18.7. The number of nitrogens with one attached hydrogen (secondary N) is 1. The van der Waals surface area contributed by atoms with Crippen LogP contribution < -0.4 is 5.32 Å². The van der Waals surface area contributed by atoms with Crippen molar-refractivity contribution < 1.29 is 9.53 Å². The summed E-state index contributed by atoms with van der Waals surface area (Å²) >= 11 is 6.52. The Labute approximate surface area is 232 Å². The summed E-state index contributed by atoms with van der Waals surface area (Å²) in [7, 11) is 0. The van der Waals surface area contributed by atoms with Gasteiger partial charge in [0.25, 0.3) is 0 Å². The van der Waals surface area contributed by atoms with E-state index in [4.69, 9.17) is 21.3 Å². The lowest BCUT2D eigenvalue weighted by molar-refractivity contribution is 0.0377. The van der Waals surface area contributed by atoms with Gasteiger partial charge in [-0.2, -0.15) is 5.10 Å². The maximum atomic E-state index is 12.6. The zero-order valence-corrected chi connectivity index (χ0v) is 23.0. The third-order valence-corrected chi connectivity index (χ3v) is 7.40. The molecule has 6 rings (SSSR count). The highest BCUT2D eigenvalue weighted by Crippen LogP contribution is 2.43. The van der Waals surface area contributed by atoms with Crippen molar-refractivity contribution in [1.29, 1.82) is 0 Å². The van der Waals surface area contributed by atoms with E-state index < -0.39 is 17.2 Å². The van der Waals surface area contributed by atoms with Gasteiger partial charge in [-0.25, -0.2) is 14.3 Å². The average molecular weight is 540 g/mol. The maximum absolute atomic E-state index is 12.6. The number of halogens is 1. The van der Waals surface area contributed by atoms with E-state index in [9.17, 15) is 4.79 Å². The summed E-state index contributed by atoms with van der Waals surface area (Å²) in [4.78, 5) is 22.1. The SMILES string of the molecule is CC(C)(C)OC(=O)NC1(c2ccc(-c3nc4c(C5=CCN=C5)cc(Cl)nn4c3-c3ccccc3)cc2)CCC1. The molecule has 1 aliphatic heterocycles. The van der Waals surface area contributed by atoms with Gasteiger partial charge in [0.05, 0.1) is 17.8 Å². The van der Waals surface area contributed by atoms with Crippen LogP contribution in [0.3, 0.4) is 0 Å². The second kappa shape index (κ2) is 9.65. The van der Waals surface area contributed by atoms with Gasteiger partial charge in [-0.3, -0.25) is 4.99 Å². The molecule has 7 nitrogen and oxygen atoms in total. The van der Waals surface area contributed by atoms with Crippen molar-refractivity contribution in [2.45, 2.75) is 51.2 Å². The highest BCUT2D eigenvalue weighted by Gasteiger charge is 2.41. The fraction of sp³-hybridized carbons (Fsp3) is 0.290. The van der Waals surface area contributed by atoms with E-state index in [0.29, 0.717) is 11.7 Å². The molecule has 0 unspecified atom stereocenters. The van der Waals surface area contributed by atoms with E-state index in [1.54, 1.807) is 0 Å². The predicted molar refractivity (Wildman–Crippen MR) is 155 cm³/mol. The number of ether oxygens (including phenoxy) is 1. The van der Waals surface area contributed by atoms with E-state index >= 15 is 0 Å². The number of carbonyl (C=O) groups excluding carboxylic acids is 1. The normalized spacial score (nSPS) is 16.2. The number of hydrogen-bond acceptors (Lipinski definition) is 5. The predicted octanol–water partition coefficient (Wildman–Crippen LogP) is 7.09. The molecule has 0 saturated heterocycles. The topological polar surface area (TPSA) is 80.9 Å². The summed E-state index contributed by atoms with van der Waals surface area (Å²) in [5.41, 5.74) is 6.30. The Morgan fingerprint density at radius 2 is 1.79 bits per heavy atom. The van der Waals surface area contributed by atoms with Crippen LogP contribution in [-0.2, 0) is 10.3 Å². The van der Waals surface area contributed by atoms with E-state index in [2.05, 4.69) is 45.7 Å². The van der Waals surface area contributed by atoms with E-state index in [1.807, 2.05) is 67.9 Å². The Bertz CT molecular complexity index is 1610. The molecule has 1 amide bonds. The summed E-state index contributed by atoms with van der Waals surface area (Å²) in [5, 5.41) is 8.18. The van der Waals surface area contributed by atoms with Crippen LogP contribution in [0.25, 0.3) is 33.7 Å². The third kappa shape index (κ3) is 4.83. The molecule has 1 fully saturated rings. The summed E-state index contributed by atoms with van der Waals surface area (Å²) in [6, 6.07) is 20.2. The molecule has 0 atom stereocenters. The van der Waals surface area contributed by atoms with Crippen molar-refractivity contribution in [3.8, 4) is 22.5 Å². The molecule has 0 spiro atoms. The number of hydrogen-bond donors (Lipinski definition) is 1. The first kappa shape index (κ1) is 25.3. The van der Waals surface area contributed by atoms with Gasteiger partial charge < -0.3 is 10.1 Å². The number of imidazole rings is 1. The summed E-state index contributed by atoms with van der Waals surface area (Å²) < 4.78 is 7.38. The van der Waals surface area contributed by atoms with Gasteiger partial charge in [-0.1, -0.05) is 72.3 Å². The van der Waals surface area contributed by atoms with E-state index in [0.717, 1.165) is 64.1 Å². The van der Waals surface area contributed by atoms with E-state index in [1.165, 1.54) is 0 Å². The van der Waals surface area contributed by atoms with Crippen molar-refractivity contribution in [1.82, 2.24) is 19.9 Å². The van der Waals surface area contributed by atoms with Gasteiger partial charge in [0.15, 0.2) is 10.8 Å². The lowest BCUT2D eigenvalue weighted by atomic mass is 9.71. The number of rotatable bonds is 5. The Morgan fingerprint density at radius 3 is 2.41 bits per heavy atom. The lowest BCUT2D eigenvalue weighted by Gasteiger charge is -2.43. The standard InChI is InChI=1S/C31H30ClN5O2/c1-30(2,3)39-29(38)35-31(15-7-16-31)23-12-10-20(11-13-23)26-27(21-8-5-4-6-9-21)37-28(34-26)24(18-25(32)36-37)22-14-17-33-19-22/h4-6,8-14,18-19H,7,15-17H2,1-3H3,(H,35,38). The number of aromatic nitrogens is 3. The Hall–Kier alpha value is -3.97. The summed E-state index contributed by atoms with van der Waals surface area (Å²) in [6.45, 7) is 6.26. The second-order valence-electron chi connectivity index (χ2n) is 11.1. The Balaban J connectivity index is 1.44. The number of alkyl carbamates (subject to hydrolysis) is 1. The highest BCUT2D eigenvalue weighted by molar-refractivity contribution is 6.30. The first-order valence-corrected chi connectivity index (χ1v) is 13.6. The molecule has 4 aromatic rings. The largest absolute Gasteiger partial charge is 0.444 e. The molecule has 3 heterocycles. The molecule has 0 radical (unpaired) electrons. The molecule has 0 bridgehead atoms. The number of nitrogens with zero attached hydrogens (tertiary/aromatic N) is 4. The molecule has 8 heteroatoms.